The minimum atomic E-state index is 0.686. The fraction of sp³-hybridized carbons (Fsp3) is 0.294. The van der Waals surface area contributed by atoms with Gasteiger partial charge in [-0.05, 0) is 37.1 Å². The summed E-state index contributed by atoms with van der Waals surface area (Å²) >= 11 is 0. The molecular weight excluding hydrogens is 252 g/mol. The van der Waals surface area contributed by atoms with E-state index in [1.807, 2.05) is 54.6 Å². The smallest absolute Gasteiger partial charge is 0.122 e. The molecule has 2 rings (SSSR count). The molecule has 3 heteroatoms. The maximum Gasteiger partial charge on any atom is 0.122 e. The first-order chi connectivity index (χ1) is 9.88. The quantitative estimate of drug-likeness (QED) is 0.681. The summed E-state index contributed by atoms with van der Waals surface area (Å²) in [7, 11) is 1.65. The number of hydrogen-bond acceptors (Lipinski definition) is 3. The van der Waals surface area contributed by atoms with Gasteiger partial charge in [-0.3, -0.25) is 0 Å². The Morgan fingerprint density at radius 1 is 0.700 bits per heavy atom. The fourth-order valence-corrected chi connectivity index (χ4v) is 1.79. The minimum Gasteiger partial charge on any atom is -0.497 e. The van der Waals surface area contributed by atoms with Gasteiger partial charge in [0.2, 0.25) is 0 Å². The van der Waals surface area contributed by atoms with Crippen molar-refractivity contribution in [2.24, 2.45) is 0 Å². The van der Waals surface area contributed by atoms with Crippen molar-refractivity contribution in [1.29, 1.82) is 0 Å². The van der Waals surface area contributed by atoms with E-state index in [0.717, 1.165) is 30.1 Å². The van der Waals surface area contributed by atoms with Gasteiger partial charge in [-0.2, -0.15) is 0 Å². The van der Waals surface area contributed by atoms with Gasteiger partial charge >= 0.3 is 0 Å². The Balaban J connectivity index is 1.59. The third kappa shape index (κ3) is 4.84. The lowest BCUT2D eigenvalue weighted by atomic mass is 10.3. The predicted octanol–water partition coefficient (Wildman–Crippen LogP) is 3.93. The van der Waals surface area contributed by atoms with Crippen LogP contribution in [0, 0.1) is 0 Å². The zero-order chi connectivity index (χ0) is 14.0. The Morgan fingerprint density at radius 2 is 1.30 bits per heavy atom. The van der Waals surface area contributed by atoms with E-state index in [9.17, 15) is 0 Å². The van der Waals surface area contributed by atoms with Gasteiger partial charge in [0.15, 0.2) is 0 Å². The number of rotatable bonds is 8. The summed E-state index contributed by atoms with van der Waals surface area (Å²) in [5.41, 5.74) is 0. The second-order valence-electron chi connectivity index (χ2n) is 4.40. The summed E-state index contributed by atoms with van der Waals surface area (Å²) in [6.45, 7) is 1.40. The lowest BCUT2D eigenvalue weighted by molar-refractivity contribution is 0.265. The third-order valence-electron chi connectivity index (χ3n) is 2.86. The molecule has 20 heavy (non-hydrogen) atoms. The van der Waals surface area contributed by atoms with Crippen LogP contribution in [0.25, 0.3) is 0 Å². The van der Waals surface area contributed by atoms with Crippen molar-refractivity contribution < 1.29 is 14.2 Å². The maximum atomic E-state index is 5.67. The van der Waals surface area contributed by atoms with Crippen molar-refractivity contribution in [2.45, 2.75) is 12.8 Å². The van der Waals surface area contributed by atoms with E-state index in [1.165, 1.54) is 0 Å². The van der Waals surface area contributed by atoms with Gasteiger partial charge in [0.25, 0.3) is 0 Å². The summed E-state index contributed by atoms with van der Waals surface area (Å²) < 4.78 is 16.4. The van der Waals surface area contributed by atoms with Gasteiger partial charge in [0.05, 0.1) is 20.3 Å². The van der Waals surface area contributed by atoms with Crippen molar-refractivity contribution in [3.63, 3.8) is 0 Å². The molecule has 0 radical (unpaired) electrons. The van der Waals surface area contributed by atoms with Crippen LogP contribution in [-0.2, 0) is 0 Å². The molecule has 0 fully saturated rings. The second-order valence-corrected chi connectivity index (χ2v) is 4.40. The van der Waals surface area contributed by atoms with Crippen molar-refractivity contribution in [3.8, 4) is 17.2 Å². The van der Waals surface area contributed by atoms with Crippen molar-refractivity contribution >= 4 is 0 Å². The molecule has 0 saturated heterocycles. The monoisotopic (exact) mass is 272 g/mol. The molecule has 3 nitrogen and oxygen atoms in total. The number of para-hydroxylation sites is 1. The Hall–Kier alpha value is -2.16. The molecule has 0 unspecified atom stereocenters. The number of unbranched alkanes of at least 4 members (excludes halogenated alkanes) is 1. The fourth-order valence-electron chi connectivity index (χ4n) is 1.79. The SMILES string of the molecule is COc1cccc(OCCCCOc2ccccc2)c1. The number of benzene rings is 2. The first-order valence-corrected chi connectivity index (χ1v) is 6.83. The van der Waals surface area contributed by atoms with E-state index in [0.29, 0.717) is 13.2 Å². The standard InChI is InChI=1S/C17H20O3/c1-18-16-10-7-11-17(14-16)20-13-6-5-12-19-15-8-3-2-4-9-15/h2-4,7-11,14H,5-6,12-13H2,1H3. The topological polar surface area (TPSA) is 27.7 Å². The molecule has 0 atom stereocenters. The average molecular weight is 272 g/mol. The Morgan fingerprint density at radius 3 is 2.00 bits per heavy atom. The molecule has 0 heterocycles. The largest absolute Gasteiger partial charge is 0.497 e. The van der Waals surface area contributed by atoms with Crippen LogP contribution in [0.3, 0.4) is 0 Å². The van der Waals surface area contributed by atoms with Crippen molar-refractivity contribution in [2.75, 3.05) is 20.3 Å². The predicted molar refractivity (Wildman–Crippen MR) is 79.7 cm³/mol. The molecular formula is C17H20O3. The summed E-state index contributed by atoms with van der Waals surface area (Å²) in [6, 6.07) is 17.5. The molecule has 0 saturated carbocycles. The van der Waals surface area contributed by atoms with E-state index in [2.05, 4.69) is 0 Å². The zero-order valence-corrected chi connectivity index (χ0v) is 11.7. The molecule has 0 aromatic heterocycles. The molecule has 0 spiro atoms. The number of methoxy groups -OCH3 is 1. The lowest BCUT2D eigenvalue weighted by Crippen LogP contribution is -2.02. The molecule has 2 aromatic carbocycles. The normalized spacial score (nSPS) is 10.1. The molecule has 106 valence electrons. The number of hydrogen-bond donors (Lipinski definition) is 0. The first-order valence-electron chi connectivity index (χ1n) is 6.83. The highest BCUT2D eigenvalue weighted by atomic mass is 16.5. The van der Waals surface area contributed by atoms with Crippen LogP contribution in [0.2, 0.25) is 0 Å². The second kappa shape index (κ2) is 8.10. The van der Waals surface area contributed by atoms with Crippen LogP contribution in [0.1, 0.15) is 12.8 Å². The number of ether oxygens (including phenoxy) is 3. The zero-order valence-electron chi connectivity index (χ0n) is 11.7. The molecule has 0 amide bonds. The van der Waals surface area contributed by atoms with E-state index in [4.69, 9.17) is 14.2 Å². The third-order valence-corrected chi connectivity index (χ3v) is 2.86. The van der Waals surface area contributed by atoms with Crippen molar-refractivity contribution in [3.05, 3.63) is 54.6 Å². The summed E-state index contributed by atoms with van der Waals surface area (Å²) in [5, 5.41) is 0. The average Bonchev–Trinajstić information content (AvgIpc) is 2.52. The Labute approximate surface area is 120 Å². The van der Waals surface area contributed by atoms with Crippen LogP contribution < -0.4 is 14.2 Å². The summed E-state index contributed by atoms with van der Waals surface area (Å²) in [6.07, 6.45) is 1.93. The lowest BCUT2D eigenvalue weighted by Gasteiger charge is -2.08. The van der Waals surface area contributed by atoms with Gasteiger partial charge in [-0.25, -0.2) is 0 Å². The van der Waals surface area contributed by atoms with Gasteiger partial charge in [-0.1, -0.05) is 24.3 Å². The van der Waals surface area contributed by atoms with E-state index >= 15 is 0 Å². The van der Waals surface area contributed by atoms with Gasteiger partial charge in [0, 0.05) is 6.07 Å². The molecule has 0 aliphatic carbocycles. The summed E-state index contributed by atoms with van der Waals surface area (Å²) in [4.78, 5) is 0. The van der Waals surface area contributed by atoms with Crippen LogP contribution in [0.15, 0.2) is 54.6 Å². The van der Waals surface area contributed by atoms with Crippen molar-refractivity contribution in [1.82, 2.24) is 0 Å². The van der Waals surface area contributed by atoms with Gasteiger partial charge < -0.3 is 14.2 Å². The summed E-state index contributed by atoms with van der Waals surface area (Å²) in [5.74, 6) is 2.57. The van der Waals surface area contributed by atoms with Crippen LogP contribution >= 0.6 is 0 Å². The molecule has 0 N–H and O–H groups in total. The van der Waals surface area contributed by atoms with Gasteiger partial charge in [-0.15, -0.1) is 0 Å². The molecule has 0 aliphatic heterocycles. The highest BCUT2D eigenvalue weighted by molar-refractivity contribution is 5.32. The molecule has 0 bridgehead atoms. The van der Waals surface area contributed by atoms with Crippen LogP contribution in [0.5, 0.6) is 17.2 Å². The van der Waals surface area contributed by atoms with Crippen LogP contribution in [0.4, 0.5) is 0 Å². The molecule has 0 aliphatic rings. The van der Waals surface area contributed by atoms with E-state index in [-0.39, 0.29) is 0 Å². The highest BCUT2D eigenvalue weighted by Crippen LogP contribution is 2.19. The van der Waals surface area contributed by atoms with Crippen LogP contribution in [-0.4, -0.2) is 20.3 Å². The van der Waals surface area contributed by atoms with E-state index < -0.39 is 0 Å². The Bertz CT molecular complexity index is 497. The first kappa shape index (κ1) is 14.3. The minimum absolute atomic E-state index is 0.686. The van der Waals surface area contributed by atoms with Gasteiger partial charge in [0.1, 0.15) is 17.2 Å². The molecule has 2 aromatic rings. The highest BCUT2D eigenvalue weighted by Gasteiger charge is 1.97. The maximum absolute atomic E-state index is 5.67. The Kier molecular flexibility index (Phi) is 5.77. The van der Waals surface area contributed by atoms with E-state index in [1.54, 1.807) is 7.11 Å².